The maximum atomic E-state index is 11.6. The summed E-state index contributed by atoms with van der Waals surface area (Å²) in [7, 11) is 0. The van der Waals surface area contributed by atoms with E-state index in [1.165, 1.54) is 0 Å². The average Bonchev–Trinajstić information content (AvgIpc) is 2.71. The molecule has 0 aromatic heterocycles. The second kappa shape index (κ2) is 2.47. The second-order valence-electron chi connectivity index (χ2n) is 3.92. The van der Waals surface area contributed by atoms with Crippen LogP contribution in [-0.4, -0.2) is 17.5 Å². The maximum Gasteiger partial charge on any atom is 0.294 e. The van der Waals surface area contributed by atoms with Crippen LogP contribution in [0.2, 0.25) is 0 Å². The first-order valence-corrected chi connectivity index (χ1v) is 4.67. The Morgan fingerprint density at radius 2 is 2.38 bits per heavy atom. The highest BCUT2D eigenvalue weighted by Crippen LogP contribution is 2.51. The van der Waals surface area contributed by atoms with Crippen molar-refractivity contribution in [2.45, 2.75) is 32.3 Å². The fourth-order valence-corrected chi connectivity index (χ4v) is 2.14. The van der Waals surface area contributed by atoms with Gasteiger partial charge in [0.25, 0.3) is 11.9 Å². The summed E-state index contributed by atoms with van der Waals surface area (Å²) in [6.45, 7) is 4.06. The first-order chi connectivity index (χ1) is 6.10. The van der Waals surface area contributed by atoms with Gasteiger partial charge in [-0.15, -0.1) is 0 Å². The van der Waals surface area contributed by atoms with Crippen molar-refractivity contribution >= 4 is 11.9 Å². The molecule has 1 fully saturated rings. The molecule has 13 heavy (non-hydrogen) atoms. The summed E-state index contributed by atoms with van der Waals surface area (Å²) < 4.78 is 5.38. The first kappa shape index (κ1) is 8.53. The minimum absolute atomic E-state index is 0.0333. The van der Waals surface area contributed by atoms with Crippen molar-refractivity contribution in [2.24, 2.45) is 22.6 Å². The summed E-state index contributed by atoms with van der Waals surface area (Å²) in [6, 6.07) is 0.0333. The number of amides is 1. The molecule has 1 amide bonds. The quantitative estimate of drug-likeness (QED) is 0.682. The minimum Gasteiger partial charge on any atom is -0.448 e. The number of carbonyl (C=O) groups is 1. The molecule has 0 aromatic carbocycles. The summed E-state index contributed by atoms with van der Waals surface area (Å²) in [5.74, 6) is 0.682. The Bertz CT molecular complexity index is 287. The van der Waals surface area contributed by atoms with Gasteiger partial charge in [0.15, 0.2) is 5.60 Å². The van der Waals surface area contributed by atoms with Crippen molar-refractivity contribution in [3.8, 4) is 0 Å². The van der Waals surface area contributed by atoms with Crippen LogP contribution in [0.4, 0.5) is 0 Å². The Morgan fingerprint density at radius 3 is 2.69 bits per heavy atom. The fraction of sp³-hybridized carbons (Fsp3) is 0.778. The molecule has 72 valence electrons. The lowest BCUT2D eigenvalue weighted by Gasteiger charge is -2.24. The molecule has 2 rings (SSSR count). The summed E-state index contributed by atoms with van der Waals surface area (Å²) >= 11 is 0. The van der Waals surface area contributed by atoms with Crippen LogP contribution in [0, 0.1) is 11.8 Å². The molecule has 3 unspecified atom stereocenters. The SMILES string of the molecule is CCC1(C2CC2C)OC(N)=NC1=O. The van der Waals surface area contributed by atoms with E-state index in [1.807, 2.05) is 6.92 Å². The Hall–Kier alpha value is -1.06. The standard InChI is InChI=1S/C9H14N2O2/c1-3-9(6-4-5(6)2)7(12)11-8(10)13-9/h5-6H,3-4H2,1-2H3,(H2,10,11,12). The Balaban J connectivity index is 2.23. The largest absolute Gasteiger partial charge is 0.448 e. The van der Waals surface area contributed by atoms with Crippen molar-refractivity contribution in [1.29, 1.82) is 0 Å². The molecule has 0 saturated heterocycles. The predicted molar refractivity (Wildman–Crippen MR) is 48.0 cm³/mol. The van der Waals surface area contributed by atoms with Crippen LogP contribution in [0.3, 0.4) is 0 Å². The normalized spacial score (nSPS) is 42.9. The summed E-state index contributed by atoms with van der Waals surface area (Å²) in [4.78, 5) is 15.2. The zero-order valence-corrected chi connectivity index (χ0v) is 7.91. The molecule has 1 aliphatic heterocycles. The van der Waals surface area contributed by atoms with Crippen LogP contribution in [0.5, 0.6) is 0 Å². The maximum absolute atomic E-state index is 11.6. The van der Waals surface area contributed by atoms with Gasteiger partial charge in [0.05, 0.1) is 0 Å². The Labute approximate surface area is 77.2 Å². The van der Waals surface area contributed by atoms with E-state index in [-0.39, 0.29) is 11.9 Å². The number of nitrogens with zero attached hydrogens (tertiary/aromatic N) is 1. The third kappa shape index (κ3) is 1.04. The van der Waals surface area contributed by atoms with E-state index in [0.717, 1.165) is 6.42 Å². The van der Waals surface area contributed by atoms with Crippen molar-refractivity contribution < 1.29 is 9.53 Å². The highest BCUT2D eigenvalue weighted by molar-refractivity contribution is 6.01. The lowest BCUT2D eigenvalue weighted by atomic mass is 9.92. The van der Waals surface area contributed by atoms with Gasteiger partial charge in [-0.3, -0.25) is 4.79 Å². The zero-order valence-electron chi connectivity index (χ0n) is 7.91. The molecule has 0 aromatic rings. The van der Waals surface area contributed by atoms with Crippen LogP contribution >= 0.6 is 0 Å². The molecule has 2 N–H and O–H groups in total. The fourth-order valence-electron chi connectivity index (χ4n) is 2.14. The third-order valence-corrected chi connectivity index (χ3v) is 3.09. The number of rotatable bonds is 2. The van der Waals surface area contributed by atoms with Crippen LogP contribution in [0.25, 0.3) is 0 Å². The number of hydrogen-bond acceptors (Lipinski definition) is 3. The summed E-state index contributed by atoms with van der Waals surface area (Å²) in [5, 5.41) is 0. The molecule has 1 heterocycles. The monoisotopic (exact) mass is 182 g/mol. The van der Waals surface area contributed by atoms with Crippen LogP contribution < -0.4 is 5.73 Å². The number of amidine groups is 1. The minimum atomic E-state index is -0.719. The van der Waals surface area contributed by atoms with Crippen LogP contribution in [0.15, 0.2) is 4.99 Å². The molecule has 1 aliphatic carbocycles. The van der Waals surface area contributed by atoms with Crippen LogP contribution in [0.1, 0.15) is 26.7 Å². The first-order valence-electron chi connectivity index (χ1n) is 4.67. The van der Waals surface area contributed by atoms with Gasteiger partial charge in [-0.2, -0.15) is 4.99 Å². The van der Waals surface area contributed by atoms with Gasteiger partial charge < -0.3 is 10.5 Å². The molecule has 0 radical (unpaired) electrons. The Morgan fingerprint density at radius 1 is 1.77 bits per heavy atom. The van der Waals surface area contributed by atoms with E-state index < -0.39 is 5.60 Å². The smallest absolute Gasteiger partial charge is 0.294 e. The molecule has 1 saturated carbocycles. The van der Waals surface area contributed by atoms with Gasteiger partial charge in [0.2, 0.25) is 0 Å². The molecule has 0 bridgehead atoms. The van der Waals surface area contributed by atoms with Crippen LogP contribution in [-0.2, 0) is 9.53 Å². The number of aliphatic imine (C=N–C) groups is 1. The predicted octanol–water partition coefficient (Wildman–Crippen LogP) is 0.663. The third-order valence-electron chi connectivity index (χ3n) is 3.09. The van der Waals surface area contributed by atoms with Crippen molar-refractivity contribution in [2.75, 3.05) is 0 Å². The number of nitrogens with two attached hydrogens (primary N) is 1. The van der Waals surface area contributed by atoms with E-state index in [9.17, 15) is 4.79 Å². The van der Waals surface area contributed by atoms with Gasteiger partial charge in [-0.1, -0.05) is 13.8 Å². The van der Waals surface area contributed by atoms with E-state index in [0.29, 0.717) is 18.3 Å². The number of hydrogen-bond donors (Lipinski definition) is 1. The highest BCUT2D eigenvalue weighted by atomic mass is 16.5. The second-order valence-corrected chi connectivity index (χ2v) is 3.92. The van der Waals surface area contributed by atoms with E-state index in [4.69, 9.17) is 10.5 Å². The molecule has 4 heteroatoms. The topological polar surface area (TPSA) is 64.7 Å². The Kier molecular flexibility index (Phi) is 1.62. The lowest BCUT2D eigenvalue weighted by molar-refractivity contribution is -0.133. The summed E-state index contributed by atoms with van der Waals surface area (Å²) in [6.07, 6.45) is 1.70. The van der Waals surface area contributed by atoms with E-state index in [2.05, 4.69) is 11.9 Å². The van der Waals surface area contributed by atoms with Crippen molar-refractivity contribution in [3.63, 3.8) is 0 Å². The van der Waals surface area contributed by atoms with Gasteiger partial charge in [-0.05, 0) is 18.8 Å². The molecule has 4 nitrogen and oxygen atoms in total. The van der Waals surface area contributed by atoms with Crippen molar-refractivity contribution in [1.82, 2.24) is 0 Å². The summed E-state index contributed by atoms with van der Waals surface area (Å²) in [5.41, 5.74) is 4.68. The zero-order chi connectivity index (χ0) is 9.64. The number of carbonyl (C=O) groups excluding carboxylic acids is 1. The molecular formula is C9H14N2O2. The molecule has 3 atom stereocenters. The van der Waals surface area contributed by atoms with Gasteiger partial charge in [-0.25, -0.2) is 0 Å². The molecule has 0 spiro atoms. The van der Waals surface area contributed by atoms with Gasteiger partial charge >= 0.3 is 0 Å². The molecular weight excluding hydrogens is 168 g/mol. The average molecular weight is 182 g/mol. The highest BCUT2D eigenvalue weighted by Gasteiger charge is 2.59. The van der Waals surface area contributed by atoms with E-state index >= 15 is 0 Å². The van der Waals surface area contributed by atoms with Crippen molar-refractivity contribution in [3.05, 3.63) is 0 Å². The number of ether oxygens (including phenoxy) is 1. The van der Waals surface area contributed by atoms with E-state index in [1.54, 1.807) is 0 Å². The molecule has 2 aliphatic rings. The van der Waals surface area contributed by atoms with Gasteiger partial charge in [0, 0.05) is 5.92 Å². The lowest BCUT2D eigenvalue weighted by Crippen LogP contribution is -2.40. The van der Waals surface area contributed by atoms with Gasteiger partial charge in [0.1, 0.15) is 0 Å².